The Hall–Kier alpha value is -1.11. The number of hydrogen-bond donors (Lipinski definition) is 2. The summed E-state index contributed by atoms with van der Waals surface area (Å²) in [4.78, 5) is 0.252. The first-order valence-electron chi connectivity index (χ1n) is 6.71. The number of benzene rings is 1. The molecule has 0 aliphatic carbocycles. The van der Waals surface area contributed by atoms with Gasteiger partial charge in [0.1, 0.15) is 0 Å². The Balaban J connectivity index is 3.33. The molecule has 0 aliphatic rings. The summed E-state index contributed by atoms with van der Waals surface area (Å²) >= 11 is 0. The van der Waals surface area contributed by atoms with Crippen molar-refractivity contribution in [1.82, 2.24) is 4.31 Å². The Labute approximate surface area is 121 Å². The van der Waals surface area contributed by atoms with Crippen LogP contribution < -0.4 is 5.73 Å². The quantitative estimate of drug-likeness (QED) is 0.783. The molecule has 0 unspecified atom stereocenters. The average Bonchev–Trinajstić information content (AvgIpc) is 2.33. The number of nitrogen functional groups attached to an aromatic ring is 1. The predicted molar refractivity (Wildman–Crippen MR) is 81.1 cm³/mol. The summed E-state index contributed by atoms with van der Waals surface area (Å²) in [6.07, 6.45) is 0.414. The molecule has 0 saturated heterocycles. The van der Waals surface area contributed by atoms with E-state index in [1.807, 2.05) is 20.8 Å². The number of nitrogens with two attached hydrogens (primary N) is 1. The summed E-state index contributed by atoms with van der Waals surface area (Å²) in [6.45, 7) is 7.44. The molecule has 0 spiro atoms. The number of aliphatic hydroxyl groups is 1. The standard InChI is InChI=1S/C14H24N2O3S/c1-10(2)16(6-5-7-17)20(18,19)14-9-11(3)8-13(15)12(14)4/h8-10,17H,5-7,15H2,1-4H3. The number of anilines is 1. The normalized spacial score (nSPS) is 12.3. The monoisotopic (exact) mass is 300 g/mol. The van der Waals surface area contributed by atoms with Gasteiger partial charge in [-0.25, -0.2) is 8.42 Å². The summed E-state index contributed by atoms with van der Waals surface area (Å²) in [5, 5.41) is 8.93. The lowest BCUT2D eigenvalue weighted by Crippen LogP contribution is -2.38. The topological polar surface area (TPSA) is 83.6 Å². The SMILES string of the molecule is Cc1cc(N)c(C)c(S(=O)(=O)N(CCCO)C(C)C)c1. The highest BCUT2D eigenvalue weighted by atomic mass is 32.2. The van der Waals surface area contributed by atoms with Gasteiger partial charge in [0.25, 0.3) is 0 Å². The number of rotatable bonds is 6. The highest BCUT2D eigenvalue weighted by Gasteiger charge is 2.28. The van der Waals surface area contributed by atoms with E-state index in [2.05, 4.69) is 0 Å². The van der Waals surface area contributed by atoms with Crippen molar-refractivity contribution in [3.8, 4) is 0 Å². The molecule has 0 atom stereocenters. The van der Waals surface area contributed by atoms with Crippen molar-refractivity contribution in [2.45, 2.75) is 45.1 Å². The van der Waals surface area contributed by atoms with Gasteiger partial charge in [0, 0.05) is 24.9 Å². The number of aryl methyl sites for hydroxylation is 1. The van der Waals surface area contributed by atoms with Gasteiger partial charge in [0.05, 0.1) is 4.90 Å². The molecule has 1 aromatic rings. The van der Waals surface area contributed by atoms with Crippen LogP contribution in [0.15, 0.2) is 17.0 Å². The van der Waals surface area contributed by atoms with Gasteiger partial charge in [-0.15, -0.1) is 0 Å². The fourth-order valence-electron chi connectivity index (χ4n) is 2.13. The fourth-order valence-corrected chi connectivity index (χ4v) is 4.15. The minimum Gasteiger partial charge on any atom is -0.398 e. The molecule has 3 N–H and O–H groups in total. The van der Waals surface area contributed by atoms with Crippen LogP contribution in [0.2, 0.25) is 0 Å². The number of hydrogen-bond acceptors (Lipinski definition) is 4. The van der Waals surface area contributed by atoms with Crippen molar-refractivity contribution in [3.05, 3.63) is 23.3 Å². The molecule has 0 amide bonds. The van der Waals surface area contributed by atoms with Crippen molar-refractivity contribution in [1.29, 1.82) is 0 Å². The van der Waals surface area contributed by atoms with Crippen LogP contribution >= 0.6 is 0 Å². The van der Waals surface area contributed by atoms with E-state index in [0.29, 0.717) is 24.2 Å². The van der Waals surface area contributed by atoms with Crippen LogP contribution in [-0.4, -0.2) is 37.0 Å². The molecule has 0 saturated carbocycles. The van der Waals surface area contributed by atoms with Crippen LogP contribution in [0.1, 0.15) is 31.4 Å². The van der Waals surface area contributed by atoms with E-state index >= 15 is 0 Å². The summed E-state index contributed by atoms with van der Waals surface area (Å²) in [7, 11) is -3.61. The molecule has 0 radical (unpaired) electrons. The first-order valence-corrected chi connectivity index (χ1v) is 8.15. The lowest BCUT2D eigenvalue weighted by molar-refractivity contribution is 0.258. The first-order chi connectivity index (χ1) is 9.21. The highest BCUT2D eigenvalue weighted by molar-refractivity contribution is 7.89. The van der Waals surface area contributed by atoms with E-state index in [9.17, 15) is 8.42 Å². The maximum absolute atomic E-state index is 12.8. The predicted octanol–water partition coefficient (Wildman–Crippen LogP) is 1.67. The van der Waals surface area contributed by atoms with Crippen LogP contribution in [0.5, 0.6) is 0 Å². The van der Waals surface area contributed by atoms with Crippen LogP contribution in [0.3, 0.4) is 0 Å². The van der Waals surface area contributed by atoms with Gasteiger partial charge in [-0.05, 0) is 57.4 Å². The van der Waals surface area contributed by atoms with Gasteiger partial charge in [0.2, 0.25) is 10.0 Å². The van der Waals surface area contributed by atoms with E-state index < -0.39 is 10.0 Å². The highest BCUT2D eigenvalue weighted by Crippen LogP contribution is 2.27. The largest absolute Gasteiger partial charge is 0.398 e. The van der Waals surface area contributed by atoms with Gasteiger partial charge in [-0.1, -0.05) is 0 Å². The smallest absolute Gasteiger partial charge is 0.243 e. The molecular formula is C14H24N2O3S. The Morgan fingerprint density at radius 1 is 1.30 bits per heavy atom. The average molecular weight is 300 g/mol. The van der Waals surface area contributed by atoms with E-state index in [1.165, 1.54) is 4.31 Å². The van der Waals surface area contributed by atoms with Crippen LogP contribution in [0, 0.1) is 13.8 Å². The Kier molecular flexibility index (Phi) is 5.56. The lowest BCUT2D eigenvalue weighted by Gasteiger charge is -2.27. The van der Waals surface area contributed by atoms with Crippen molar-refractivity contribution in [2.24, 2.45) is 0 Å². The van der Waals surface area contributed by atoms with Crippen molar-refractivity contribution in [2.75, 3.05) is 18.9 Å². The second-order valence-electron chi connectivity index (χ2n) is 5.26. The third kappa shape index (κ3) is 3.50. The summed E-state index contributed by atoms with van der Waals surface area (Å²) in [6, 6.07) is 3.24. The third-order valence-corrected chi connectivity index (χ3v) is 5.45. The minimum absolute atomic E-state index is 0.0340. The van der Waals surface area contributed by atoms with Crippen LogP contribution in [0.4, 0.5) is 5.69 Å². The maximum Gasteiger partial charge on any atom is 0.243 e. The van der Waals surface area contributed by atoms with Crippen LogP contribution in [0.25, 0.3) is 0 Å². The zero-order chi connectivity index (χ0) is 15.5. The second kappa shape index (κ2) is 6.56. The molecule has 0 heterocycles. The van der Waals surface area contributed by atoms with Crippen molar-refractivity contribution < 1.29 is 13.5 Å². The van der Waals surface area contributed by atoms with Gasteiger partial charge in [-0.3, -0.25) is 0 Å². The molecule has 5 nitrogen and oxygen atoms in total. The van der Waals surface area contributed by atoms with Crippen LogP contribution in [-0.2, 0) is 10.0 Å². The second-order valence-corrected chi connectivity index (χ2v) is 7.12. The molecule has 0 aromatic heterocycles. The molecule has 0 aliphatic heterocycles. The third-order valence-electron chi connectivity index (χ3n) is 3.24. The Bertz CT molecular complexity index is 568. The van der Waals surface area contributed by atoms with E-state index in [0.717, 1.165) is 5.56 Å². The first kappa shape index (κ1) is 16.9. The molecule has 1 aromatic carbocycles. The van der Waals surface area contributed by atoms with Gasteiger partial charge >= 0.3 is 0 Å². The van der Waals surface area contributed by atoms with Gasteiger partial charge < -0.3 is 10.8 Å². The summed E-state index contributed by atoms with van der Waals surface area (Å²) in [5.74, 6) is 0. The number of nitrogens with zero attached hydrogens (tertiary/aromatic N) is 1. The van der Waals surface area contributed by atoms with E-state index in [-0.39, 0.29) is 17.5 Å². The lowest BCUT2D eigenvalue weighted by atomic mass is 10.1. The van der Waals surface area contributed by atoms with Crippen molar-refractivity contribution >= 4 is 15.7 Å². The van der Waals surface area contributed by atoms with Gasteiger partial charge in [-0.2, -0.15) is 4.31 Å². The maximum atomic E-state index is 12.8. The Morgan fingerprint density at radius 2 is 1.90 bits per heavy atom. The molecule has 114 valence electrons. The Morgan fingerprint density at radius 3 is 2.40 bits per heavy atom. The minimum atomic E-state index is -3.61. The fraction of sp³-hybridized carbons (Fsp3) is 0.571. The number of aliphatic hydroxyl groups excluding tert-OH is 1. The van der Waals surface area contributed by atoms with Crippen molar-refractivity contribution in [3.63, 3.8) is 0 Å². The molecular weight excluding hydrogens is 276 g/mol. The zero-order valence-corrected chi connectivity index (χ0v) is 13.4. The molecule has 0 fully saturated rings. The van der Waals surface area contributed by atoms with E-state index in [4.69, 9.17) is 10.8 Å². The molecule has 1 rings (SSSR count). The summed E-state index contributed by atoms with van der Waals surface area (Å²) in [5.41, 5.74) is 7.74. The zero-order valence-electron chi connectivity index (χ0n) is 12.5. The molecule has 6 heteroatoms. The summed E-state index contributed by atoms with van der Waals surface area (Å²) < 4.78 is 27.0. The molecule has 0 bridgehead atoms. The number of sulfonamides is 1. The van der Waals surface area contributed by atoms with Gasteiger partial charge in [0.15, 0.2) is 0 Å². The molecule has 20 heavy (non-hydrogen) atoms. The van der Waals surface area contributed by atoms with E-state index in [1.54, 1.807) is 19.1 Å².